The van der Waals surface area contributed by atoms with Crippen molar-refractivity contribution < 1.29 is 4.79 Å². The molecule has 0 bridgehead atoms. The normalized spacial score (nSPS) is 14.1. The van der Waals surface area contributed by atoms with E-state index >= 15 is 0 Å². The van der Waals surface area contributed by atoms with Gasteiger partial charge in [0.1, 0.15) is 0 Å². The van der Waals surface area contributed by atoms with Crippen LogP contribution in [0.5, 0.6) is 0 Å². The minimum absolute atomic E-state index is 0.0106. The first-order valence-corrected chi connectivity index (χ1v) is 7.41. The summed E-state index contributed by atoms with van der Waals surface area (Å²) in [6, 6.07) is 15.1. The maximum Gasteiger partial charge on any atom is 0.233 e. The molecule has 1 heterocycles. The van der Waals surface area contributed by atoms with Crippen LogP contribution < -0.4 is 4.90 Å². The van der Waals surface area contributed by atoms with Crippen LogP contribution in [0.2, 0.25) is 5.02 Å². The summed E-state index contributed by atoms with van der Waals surface area (Å²) in [4.78, 5) is 19.0. The number of benzene rings is 2. The number of anilines is 1. The molecule has 0 radical (unpaired) electrons. The van der Waals surface area contributed by atoms with Gasteiger partial charge in [0.15, 0.2) is 0 Å². The Morgan fingerprint density at radius 1 is 1.18 bits per heavy atom. The molecule has 2 aromatic rings. The number of fused-ring (bicyclic) bond motifs is 1. The topological polar surface area (TPSA) is 32.7 Å². The lowest BCUT2D eigenvalue weighted by atomic mass is 10.1. The molecule has 22 heavy (non-hydrogen) atoms. The van der Waals surface area contributed by atoms with Gasteiger partial charge >= 0.3 is 0 Å². The molecule has 3 rings (SSSR count). The van der Waals surface area contributed by atoms with Gasteiger partial charge in [0, 0.05) is 17.1 Å². The third kappa shape index (κ3) is 2.68. The lowest BCUT2D eigenvalue weighted by molar-refractivity contribution is -0.117. The van der Waals surface area contributed by atoms with E-state index in [2.05, 4.69) is 11.6 Å². The van der Waals surface area contributed by atoms with Crippen molar-refractivity contribution >= 4 is 34.6 Å². The maximum atomic E-state index is 12.6. The molecule has 0 spiro atoms. The molecule has 0 aromatic heterocycles. The molecule has 2 aromatic carbocycles. The standard InChI is InChI=1S/C18H15ClN2O/c1-2-11-21-17-10-6-5-9-15(17)20-16(12-18(21)22)13-7-3-4-8-14(13)19/h2-10H,1,11-12H2. The third-order valence-corrected chi connectivity index (χ3v) is 3.87. The first-order chi connectivity index (χ1) is 10.7. The summed E-state index contributed by atoms with van der Waals surface area (Å²) in [6.45, 7) is 4.19. The zero-order valence-corrected chi connectivity index (χ0v) is 12.8. The summed E-state index contributed by atoms with van der Waals surface area (Å²) in [5.74, 6) is -0.0106. The van der Waals surface area contributed by atoms with E-state index in [4.69, 9.17) is 11.6 Å². The molecule has 1 aliphatic rings. The molecule has 0 saturated carbocycles. The molecule has 4 heteroatoms. The Morgan fingerprint density at radius 2 is 1.91 bits per heavy atom. The molecule has 0 atom stereocenters. The largest absolute Gasteiger partial charge is 0.306 e. The van der Waals surface area contributed by atoms with Crippen molar-refractivity contribution in [2.24, 2.45) is 4.99 Å². The molecular weight excluding hydrogens is 296 g/mol. The number of aliphatic imine (C=N–C) groups is 1. The Balaban J connectivity index is 2.13. The number of carbonyl (C=O) groups is 1. The number of halogens is 1. The first-order valence-electron chi connectivity index (χ1n) is 7.03. The number of carbonyl (C=O) groups excluding carboxylic acids is 1. The van der Waals surface area contributed by atoms with Gasteiger partial charge in [0.2, 0.25) is 5.91 Å². The molecule has 0 aliphatic carbocycles. The van der Waals surface area contributed by atoms with Crippen molar-refractivity contribution in [3.8, 4) is 0 Å². The number of nitrogens with zero attached hydrogens (tertiary/aromatic N) is 2. The van der Waals surface area contributed by atoms with Crippen LogP contribution in [-0.2, 0) is 4.79 Å². The average molecular weight is 311 g/mol. The van der Waals surface area contributed by atoms with Crippen LogP contribution in [0.3, 0.4) is 0 Å². The van der Waals surface area contributed by atoms with E-state index in [1.807, 2.05) is 48.5 Å². The Morgan fingerprint density at radius 3 is 2.68 bits per heavy atom. The van der Waals surface area contributed by atoms with Crippen molar-refractivity contribution in [2.75, 3.05) is 11.4 Å². The molecule has 0 saturated heterocycles. The van der Waals surface area contributed by atoms with Crippen molar-refractivity contribution in [1.29, 1.82) is 0 Å². The van der Waals surface area contributed by atoms with E-state index < -0.39 is 0 Å². The van der Waals surface area contributed by atoms with E-state index in [-0.39, 0.29) is 12.3 Å². The van der Waals surface area contributed by atoms with Gasteiger partial charge in [-0.25, -0.2) is 0 Å². The second-order valence-corrected chi connectivity index (χ2v) is 5.40. The zero-order chi connectivity index (χ0) is 15.5. The van der Waals surface area contributed by atoms with E-state index in [1.54, 1.807) is 11.0 Å². The first kappa shape index (κ1) is 14.5. The smallest absolute Gasteiger partial charge is 0.233 e. The molecule has 0 unspecified atom stereocenters. The third-order valence-electron chi connectivity index (χ3n) is 3.54. The molecule has 0 N–H and O–H groups in total. The molecule has 0 fully saturated rings. The molecule has 110 valence electrons. The lowest BCUT2D eigenvalue weighted by Gasteiger charge is -2.20. The Hall–Kier alpha value is -2.39. The highest BCUT2D eigenvalue weighted by Gasteiger charge is 2.24. The number of amides is 1. The van der Waals surface area contributed by atoms with E-state index in [1.165, 1.54) is 0 Å². The summed E-state index contributed by atoms with van der Waals surface area (Å²) in [5.41, 5.74) is 3.06. The van der Waals surface area contributed by atoms with Gasteiger partial charge in [-0.2, -0.15) is 0 Å². The van der Waals surface area contributed by atoms with Crippen LogP contribution in [-0.4, -0.2) is 18.2 Å². The Bertz CT molecular complexity index is 767. The number of hydrogen-bond donors (Lipinski definition) is 0. The predicted octanol–water partition coefficient (Wildman–Crippen LogP) is 4.38. The zero-order valence-electron chi connectivity index (χ0n) is 12.0. The number of rotatable bonds is 3. The van der Waals surface area contributed by atoms with Crippen LogP contribution in [0.4, 0.5) is 11.4 Å². The highest BCUT2D eigenvalue weighted by molar-refractivity contribution is 6.35. The van der Waals surface area contributed by atoms with Gasteiger partial charge in [-0.05, 0) is 18.2 Å². The minimum Gasteiger partial charge on any atom is -0.306 e. The Labute approximate surface area is 134 Å². The van der Waals surface area contributed by atoms with Gasteiger partial charge < -0.3 is 4.90 Å². The summed E-state index contributed by atoms with van der Waals surface area (Å²) >= 11 is 6.26. The van der Waals surface area contributed by atoms with E-state index in [9.17, 15) is 4.79 Å². The van der Waals surface area contributed by atoms with E-state index in [0.717, 1.165) is 16.9 Å². The van der Waals surface area contributed by atoms with Crippen LogP contribution in [0.15, 0.2) is 66.2 Å². The summed E-state index contributed by atoms with van der Waals surface area (Å²) in [5, 5.41) is 0.601. The van der Waals surface area contributed by atoms with Gasteiger partial charge in [0.05, 0.1) is 23.5 Å². The monoisotopic (exact) mass is 310 g/mol. The fourth-order valence-electron chi connectivity index (χ4n) is 2.52. The minimum atomic E-state index is -0.0106. The lowest BCUT2D eigenvalue weighted by Crippen LogP contribution is -2.31. The van der Waals surface area contributed by atoms with Gasteiger partial charge in [0.25, 0.3) is 0 Å². The molecule has 3 nitrogen and oxygen atoms in total. The average Bonchev–Trinajstić information content (AvgIpc) is 2.66. The Kier molecular flexibility index (Phi) is 4.07. The van der Waals surface area contributed by atoms with Crippen LogP contribution in [0, 0.1) is 0 Å². The molecule has 1 aliphatic heterocycles. The second-order valence-electron chi connectivity index (χ2n) is 5.00. The van der Waals surface area contributed by atoms with E-state index in [0.29, 0.717) is 17.3 Å². The van der Waals surface area contributed by atoms with Crippen LogP contribution in [0.25, 0.3) is 0 Å². The summed E-state index contributed by atoms with van der Waals surface area (Å²) in [7, 11) is 0. The van der Waals surface area contributed by atoms with Gasteiger partial charge in [-0.1, -0.05) is 48.0 Å². The quantitative estimate of drug-likeness (QED) is 0.774. The number of para-hydroxylation sites is 2. The molecule has 1 amide bonds. The van der Waals surface area contributed by atoms with Crippen LogP contribution in [0.1, 0.15) is 12.0 Å². The fraction of sp³-hybridized carbons (Fsp3) is 0.111. The molecular formula is C18H15ClN2O. The fourth-order valence-corrected chi connectivity index (χ4v) is 2.77. The second kappa shape index (κ2) is 6.16. The SMILES string of the molecule is C=CCN1C(=O)CC(c2ccccc2Cl)=Nc2ccccc21. The highest BCUT2D eigenvalue weighted by atomic mass is 35.5. The van der Waals surface area contributed by atoms with Gasteiger partial charge in [-0.3, -0.25) is 9.79 Å². The summed E-state index contributed by atoms with van der Waals surface area (Å²) in [6.07, 6.45) is 1.93. The van der Waals surface area contributed by atoms with Gasteiger partial charge in [-0.15, -0.1) is 6.58 Å². The number of hydrogen-bond acceptors (Lipinski definition) is 2. The van der Waals surface area contributed by atoms with Crippen molar-refractivity contribution in [2.45, 2.75) is 6.42 Å². The van der Waals surface area contributed by atoms with Crippen LogP contribution >= 0.6 is 11.6 Å². The van der Waals surface area contributed by atoms with Crippen molar-refractivity contribution in [1.82, 2.24) is 0 Å². The summed E-state index contributed by atoms with van der Waals surface area (Å²) < 4.78 is 0. The highest BCUT2D eigenvalue weighted by Crippen LogP contribution is 2.33. The van der Waals surface area contributed by atoms with Crippen molar-refractivity contribution in [3.63, 3.8) is 0 Å². The maximum absolute atomic E-state index is 12.6. The predicted molar refractivity (Wildman–Crippen MR) is 91.3 cm³/mol. The van der Waals surface area contributed by atoms with Crippen molar-refractivity contribution in [3.05, 3.63) is 71.8 Å².